The third-order valence-corrected chi connectivity index (χ3v) is 3.28. The van der Waals surface area contributed by atoms with Crippen molar-refractivity contribution in [2.45, 2.75) is 6.54 Å². The summed E-state index contributed by atoms with van der Waals surface area (Å²) in [5, 5.41) is 20.0. The zero-order chi connectivity index (χ0) is 14.3. The summed E-state index contributed by atoms with van der Waals surface area (Å²) < 4.78 is 3.19. The number of nitro groups is 1. The molecule has 20 heavy (non-hydrogen) atoms. The van der Waals surface area contributed by atoms with Crippen molar-refractivity contribution >= 4 is 28.3 Å². The van der Waals surface area contributed by atoms with E-state index in [2.05, 4.69) is 10.2 Å². The quantitative estimate of drug-likeness (QED) is 0.548. The van der Waals surface area contributed by atoms with Gasteiger partial charge in [-0.25, -0.2) is 0 Å². The van der Waals surface area contributed by atoms with Gasteiger partial charge in [-0.2, -0.15) is 9.78 Å². The minimum atomic E-state index is -0.602. The molecule has 0 fully saturated rings. The number of benzene rings is 1. The number of para-hydroxylation sites is 1. The SMILES string of the molecule is Cn1nc(Cn2cc(Cl)c([N+](=O)[O-])n2)c2ccccc21. The second kappa shape index (κ2) is 4.61. The van der Waals surface area contributed by atoms with Crippen LogP contribution in [0.25, 0.3) is 10.9 Å². The van der Waals surface area contributed by atoms with Crippen LogP contribution in [0.4, 0.5) is 5.82 Å². The van der Waals surface area contributed by atoms with Crippen LogP contribution in [-0.4, -0.2) is 24.5 Å². The molecule has 0 aliphatic rings. The van der Waals surface area contributed by atoms with Gasteiger partial charge in [-0.1, -0.05) is 29.8 Å². The highest BCUT2D eigenvalue weighted by molar-refractivity contribution is 6.32. The van der Waals surface area contributed by atoms with Crippen molar-refractivity contribution in [3.63, 3.8) is 0 Å². The Morgan fingerprint density at radius 1 is 1.35 bits per heavy atom. The number of hydrogen-bond acceptors (Lipinski definition) is 4. The van der Waals surface area contributed by atoms with E-state index in [0.29, 0.717) is 6.54 Å². The molecule has 1 aromatic carbocycles. The first-order valence-corrected chi connectivity index (χ1v) is 6.22. The molecule has 0 bridgehead atoms. The maximum atomic E-state index is 10.7. The molecule has 0 radical (unpaired) electrons. The van der Waals surface area contributed by atoms with Crippen molar-refractivity contribution < 1.29 is 4.92 Å². The molecule has 8 heteroatoms. The second-order valence-corrected chi connectivity index (χ2v) is 4.75. The van der Waals surface area contributed by atoms with E-state index in [4.69, 9.17) is 11.6 Å². The molecule has 2 heterocycles. The number of hydrogen-bond donors (Lipinski definition) is 0. The smallest absolute Gasteiger partial charge is 0.358 e. The van der Waals surface area contributed by atoms with Crippen molar-refractivity contribution in [3.05, 3.63) is 51.3 Å². The molecule has 2 aromatic heterocycles. The van der Waals surface area contributed by atoms with Gasteiger partial charge in [-0.3, -0.25) is 4.68 Å². The fraction of sp³-hybridized carbons (Fsp3) is 0.167. The van der Waals surface area contributed by atoms with Gasteiger partial charge in [0, 0.05) is 12.4 Å². The molecule has 3 rings (SSSR count). The molecule has 0 saturated carbocycles. The van der Waals surface area contributed by atoms with E-state index in [9.17, 15) is 10.1 Å². The van der Waals surface area contributed by atoms with Gasteiger partial charge in [-0.15, -0.1) is 0 Å². The van der Waals surface area contributed by atoms with E-state index >= 15 is 0 Å². The lowest BCUT2D eigenvalue weighted by Crippen LogP contribution is -2.03. The van der Waals surface area contributed by atoms with E-state index in [1.807, 2.05) is 31.3 Å². The second-order valence-electron chi connectivity index (χ2n) is 4.34. The summed E-state index contributed by atoms with van der Waals surface area (Å²) >= 11 is 5.78. The Labute approximate surface area is 118 Å². The topological polar surface area (TPSA) is 78.8 Å². The van der Waals surface area contributed by atoms with Gasteiger partial charge in [-0.05, 0) is 11.0 Å². The highest BCUT2D eigenvalue weighted by Crippen LogP contribution is 2.23. The molecule has 0 unspecified atom stereocenters. The summed E-state index contributed by atoms with van der Waals surface area (Å²) in [4.78, 5) is 10.1. The third-order valence-electron chi connectivity index (χ3n) is 3.02. The number of aryl methyl sites for hydroxylation is 1. The molecule has 0 aliphatic heterocycles. The molecule has 0 saturated heterocycles. The number of fused-ring (bicyclic) bond motifs is 1. The van der Waals surface area contributed by atoms with Gasteiger partial charge in [0.15, 0.2) is 5.02 Å². The molecule has 0 N–H and O–H groups in total. The summed E-state index contributed by atoms with van der Waals surface area (Å²) in [6.07, 6.45) is 1.43. The van der Waals surface area contributed by atoms with Gasteiger partial charge in [0.2, 0.25) is 0 Å². The van der Waals surface area contributed by atoms with Crippen LogP contribution in [0.3, 0.4) is 0 Å². The first-order chi connectivity index (χ1) is 9.56. The molecular weight excluding hydrogens is 282 g/mol. The standard InChI is InChI=1S/C12H10ClN5O2/c1-16-11-5-3-2-4-8(11)10(14-16)7-17-6-9(13)12(15-17)18(19)20/h2-6H,7H2,1H3. The fourth-order valence-corrected chi connectivity index (χ4v) is 2.37. The number of rotatable bonds is 3. The zero-order valence-electron chi connectivity index (χ0n) is 10.5. The number of nitrogens with zero attached hydrogens (tertiary/aromatic N) is 5. The van der Waals surface area contributed by atoms with Crippen LogP contribution < -0.4 is 0 Å². The molecule has 0 aliphatic carbocycles. The molecule has 7 nitrogen and oxygen atoms in total. The first-order valence-electron chi connectivity index (χ1n) is 5.84. The average molecular weight is 292 g/mol. The van der Waals surface area contributed by atoms with E-state index < -0.39 is 4.92 Å². The van der Waals surface area contributed by atoms with Gasteiger partial charge in [0.1, 0.15) is 6.54 Å². The monoisotopic (exact) mass is 291 g/mol. The van der Waals surface area contributed by atoms with Crippen molar-refractivity contribution in [1.82, 2.24) is 19.6 Å². The Bertz CT molecular complexity index is 807. The molecule has 3 aromatic rings. The van der Waals surface area contributed by atoms with E-state index in [1.54, 1.807) is 4.68 Å². The van der Waals surface area contributed by atoms with Crippen LogP contribution in [0.2, 0.25) is 5.02 Å². The van der Waals surface area contributed by atoms with Crippen LogP contribution >= 0.6 is 11.6 Å². The van der Waals surface area contributed by atoms with Crippen LogP contribution in [0.5, 0.6) is 0 Å². The Balaban J connectivity index is 2.01. The zero-order valence-corrected chi connectivity index (χ0v) is 11.3. The van der Waals surface area contributed by atoms with Crippen molar-refractivity contribution in [3.8, 4) is 0 Å². The lowest BCUT2D eigenvalue weighted by atomic mass is 10.2. The summed E-state index contributed by atoms with van der Waals surface area (Å²) in [6.45, 7) is 0.328. The summed E-state index contributed by atoms with van der Waals surface area (Å²) in [7, 11) is 1.85. The van der Waals surface area contributed by atoms with Crippen LogP contribution in [0, 0.1) is 10.1 Å². The van der Waals surface area contributed by atoms with Crippen LogP contribution in [0.15, 0.2) is 30.5 Å². The van der Waals surface area contributed by atoms with Gasteiger partial charge in [0.05, 0.1) is 22.5 Å². The van der Waals surface area contributed by atoms with Crippen molar-refractivity contribution in [2.75, 3.05) is 0 Å². The lowest BCUT2D eigenvalue weighted by Gasteiger charge is -1.93. The Hall–Kier alpha value is -2.41. The highest BCUT2D eigenvalue weighted by Gasteiger charge is 2.20. The van der Waals surface area contributed by atoms with Crippen LogP contribution in [0.1, 0.15) is 5.69 Å². The van der Waals surface area contributed by atoms with Gasteiger partial charge < -0.3 is 10.1 Å². The average Bonchev–Trinajstić information content (AvgIpc) is 2.92. The van der Waals surface area contributed by atoms with E-state index in [1.165, 1.54) is 10.9 Å². The summed E-state index contributed by atoms with van der Waals surface area (Å²) in [6, 6.07) is 7.77. The number of aromatic nitrogens is 4. The van der Waals surface area contributed by atoms with Gasteiger partial charge in [0.25, 0.3) is 0 Å². The number of halogens is 1. The Kier molecular flexibility index (Phi) is 2.90. The van der Waals surface area contributed by atoms with Gasteiger partial charge >= 0.3 is 5.82 Å². The predicted octanol–water partition coefficient (Wildman–Crippen LogP) is 2.38. The normalized spacial score (nSPS) is 11.1. The maximum Gasteiger partial charge on any atom is 0.408 e. The lowest BCUT2D eigenvalue weighted by molar-refractivity contribution is -0.389. The molecule has 0 atom stereocenters. The summed E-state index contributed by atoms with van der Waals surface area (Å²) in [5.41, 5.74) is 1.78. The molecule has 0 amide bonds. The Morgan fingerprint density at radius 2 is 2.10 bits per heavy atom. The molecular formula is C12H10ClN5O2. The van der Waals surface area contributed by atoms with Crippen molar-refractivity contribution in [2.24, 2.45) is 7.05 Å². The molecule has 102 valence electrons. The predicted molar refractivity (Wildman–Crippen MR) is 73.7 cm³/mol. The largest absolute Gasteiger partial charge is 0.408 e. The Morgan fingerprint density at radius 3 is 2.80 bits per heavy atom. The van der Waals surface area contributed by atoms with E-state index in [-0.39, 0.29) is 10.8 Å². The minimum Gasteiger partial charge on any atom is -0.358 e. The van der Waals surface area contributed by atoms with E-state index in [0.717, 1.165) is 16.6 Å². The first kappa shape index (κ1) is 12.6. The van der Waals surface area contributed by atoms with Crippen LogP contribution in [-0.2, 0) is 13.6 Å². The van der Waals surface area contributed by atoms with Crippen molar-refractivity contribution in [1.29, 1.82) is 0 Å². The highest BCUT2D eigenvalue weighted by atomic mass is 35.5. The minimum absolute atomic E-state index is 0.0234. The molecule has 0 spiro atoms. The fourth-order valence-electron chi connectivity index (χ4n) is 2.15. The maximum absolute atomic E-state index is 10.7. The third kappa shape index (κ3) is 2.01. The summed E-state index contributed by atoms with van der Waals surface area (Å²) in [5.74, 6) is -0.341.